The Morgan fingerprint density at radius 3 is 2.50 bits per heavy atom. The second-order valence-corrected chi connectivity index (χ2v) is 6.24. The van der Waals surface area contributed by atoms with Crippen molar-refractivity contribution in [1.29, 1.82) is 0 Å². The van der Waals surface area contributed by atoms with E-state index in [-0.39, 0.29) is 23.1 Å². The number of benzene rings is 2. The van der Waals surface area contributed by atoms with Gasteiger partial charge in [0.25, 0.3) is 5.69 Å². The summed E-state index contributed by atoms with van der Waals surface area (Å²) >= 11 is 0. The van der Waals surface area contributed by atoms with Gasteiger partial charge in [0, 0.05) is 17.0 Å². The van der Waals surface area contributed by atoms with Gasteiger partial charge in [-0.15, -0.1) is 5.11 Å². The van der Waals surface area contributed by atoms with Crippen LogP contribution < -0.4 is 0 Å². The van der Waals surface area contributed by atoms with E-state index in [2.05, 4.69) is 15.2 Å². The van der Waals surface area contributed by atoms with Crippen LogP contribution in [-0.2, 0) is 12.8 Å². The average molecular weight is 354 g/mol. The lowest BCUT2D eigenvalue weighted by molar-refractivity contribution is -0.385. The van der Waals surface area contributed by atoms with Gasteiger partial charge in [0.15, 0.2) is 5.69 Å². The first kappa shape index (κ1) is 16.2. The van der Waals surface area contributed by atoms with E-state index in [4.69, 9.17) is 0 Å². The fraction of sp³-hybridized carbons (Fsp3) is 0.222. The van der Waals surface area contributed by atoms with Crippen LogP contribution in [0.25, 0.3) is 10.9 Å². The molecule has 132 valence electrons. The molecule has 0 spiro atoms. The Morgan fingerprint density at radius 1 is 1.12 bits per heavy atom. The molecule has 0 aliphatic heterocycles. The summed E-state index contributed by atoms with van der Waals surface area (Å²) < 4.78 is 13.0. The van der Waals surface area contributed by atoms with Gasteiger partial charge in [0.2, 0.25) is 5.88 Å². The Labute approximate surface area is 147 Å². The summed E-state index contributed by atoms with van der Waals surface area (Å²) in [4.78, 5) is 14.0. The molecular formula is C18H15FN4O3. The molecule has 2 N–H and O–H groups in total. The zero-order chi connectivity index (χ0) is 18.3. The second-order valence-electron chi connectivity index (χ2n) is 6.24. The molecule has 1 heterocycles. The van der Waals surface area contributed by atoms with Crippen LogP contribution in [0.4, 0.5) is 21.5 Å². The Balaban J connectivity index is 1.87. The van der Waals surface area contributed by atoms with E-state index in [1.165, 1.54) is 30.3 Å². The topological polar surface area (TPSA) is 104 Å². The first-order valence-corrected chi connectivity index (χ1v) is 8.25. The summed E-state index contributed by atoms with van der Waals surface area (Å²) in [6.07, 6.45) is 3.20. The van der Waals surface area contributed by atoms with E-state index in [9.17, 15) is 19.6 Å². The van der Waals surface area contributed by atoms with Crippen LogP contribution in [0.15, 0.2) is 40.6 Å². The third kappa shape index (κ3) is 2.69. The van der Waals surface area contributed by atoms with Crippen molar-refractivity contribution in [2.75, 3.05) is 0 Å². The van der Waals surface area contributed by atoms with Gasteiger partial charge in [-0.05, 0) is 55.5 Å². The Kier molecular flexibility index (Phi) is 3.87. The molecule has 0 atom stereocenters. The number of hydrogen-bond acceptors (Lipinski definition) is 5. The molecular weight excluding hydrogens is 339 g/mol. The number of azo groups is 1. The molecule has 0 saturated carbocycles. The van der Waals surface area contributed by atoms with Crippen molar-refractivity contribution in [1.82, 2.24) is 4.98 Å². The summed E-state index contributed by atoms with van der Waals surface area (Å²) in [6.45, 7) is 0. The van der Waals surface area contributed by atoms with Crippen LogP contribution in [0.2, 0.25) is 0 Å². The lowest BCUT2D eigenvalue weighted by Gasteiger charge is -2.16. The largest absolute Gasteiger partial charge is 0.493 e. The molecule has 1 aliphatic rings. The van der Waals surface area contributed by atoms with Gasteiger partial charge >= 0.3 is 0 Å². The number of hydrogen-bond donors (Lipinski definition) is 2. The molecule has 26 heavy (non-hydrogen) atoms. The highest BCUT2D eigenvalue weighted by Crippen LogP contribution is 2.43. The van der Waals surface area contributed by atoms with Crippen molar-refractivity contribution in [3.63, 3.8) is 0 Å². The minimum absolute atomic E-state index is 0.0458. The summed E-state index contributed by atoms with van der Waals surface area (Å²) in [6, 6.07) is 6.86. The number of rotatable bonds is 3. The van der Waals surface area contributed by atoms with E-state index in [0.29, 0.717) is 29.4 Å². The fourth-order valence-corrected chi connectivity index (χ4v) is 3.44. The van der Waals surface area contributed by atoms with Crippen LogP contribution in [0.1, 0.15) is 24.0 Å². The highest BCUT2D eigenvalue weighted by molar-refractivity contribution is 5.98. The number of nitrogens with one attached hydrogen (secondary N) is 1. The smallest absolute Gasteiger partial charge is 0.273 e. The summed E-state index contributed by atoms with van der Waals surface area (Å²) in [5.74, 6) is -0.583. The number of aromatic amines is 1. The van der Waals surface area contributed by atoms with E-state index in [1.807, 2.05) is 0 Å². The minimum atomic E-state index is -0.394. The fourth-order valence-electron chi connectivity index (χ4n) is 3.44. The first-order chi connectivity index (χ1) is 12.5. The van der Waals surface area contributed by atoms with Crippen molar-refractivity contribution >= 4 is 28.0 Å². The Bertz CT molecular complexity index is 1040. The molecule has 1 aromatic heterocycles. The zero-order valence-electron chi connectivity index (χ0n) is 13.7. The molecule has 7 nitrogen and oxygen atoms in total. The maximum absolute atomic E-state index is 13.0. The van der Waals surface area contributed by atoms with Gasteiger partial charge in [0.05, 0.1) is 16.1 Å². The standard InChI is InChI=1S/C18H15FN4O3/c19-10-5-7-11(8-6-10)21-22-17-14-9-15(23(25)26)12-3-1-2-4-13(12)16(14)20-18(17)24/h5-9,20,24H,1-4H2. The number of H-pyrrole nitrogens is 1. The van der Waals surface area contributed by atoms with Crippen LogP contribution in [-0.4, -0.2) is 15.0 Å². The van der Waals surface area contributed by atoms with Gasteiger partial charge in [-0.25, -0.2) is 4.39 Å². The maximum atomic E-state index is 13.0. The number of nitro benzene ring substituents is 1. The van der Waals surface area contributed by atoms with Gasteiger partial charge < -0.3 is 10.1 Å². The van der Waals surface area contributed by atoms with Gasteiger partial charge in [-0.3, -0.25) is 10.1 Å². The number of nitrogens with zero attached hydrogens (tertiary/aromatic N) is 3. The number of nitro groups is 1. The van der Waals surface area contributed by atoms with Crippen molar-refractivity contribution < 1.29 is 14.4 Å². The minimum Gasteiger partial charge on any atom is -0.493 e. The average Bonchev–Trinajstić information content (AvgIpc) is 2.96. The van der Waals surface area contributed by atoms with Crippen LogP contribution in [0.3, 0.4) is 0 Å². The molecule has 3 aromatic rings. The van der Waals surface area contributed by atoms with Gasteiger partial charge in [0.1, 0.15) is 5.82 Å². The van der Waals surface area contributed by atoms with Crippen LogP contribution in [0, 0.1) is 15.9 Å². The van der Waals surface area contributed by atoms with Crippen molar-refractivity contribution in [3.05, 3.63) is 57.4 Å². The number of fused-ring (bicyclic) bond motifs is 3. The van der Waals surface area contributed by atoms with Gasteiger partial charge in [-0.1, -0.05) is 0 Å². The third-order valence-electron chi connectivity index (χ3n) is 4.64. The van der Waals surface area contributed by atoms with E-state index in [0.717, 1.165) is 24.0 Å². The normalized spacial score (nSPS) is 14.0. The van der Waals surface area contributed by atoms with Crippen molar-refractivity contribution in [2.24, 2.45) is 10.2 Å². The predicted molar refractivity (Wildman–Crippen MR) is 93.8 cm³/mol. The van der Waals surface area contributed by atoms with E-state index >= 15 is 0 Å². The molecule has 2 aromatic carbocycles. The first-order valence-electron chi connectivity index (χ1n) is 8.25. The SMILES string of the molecule is O=[N+]([O-])c1cc2c(N=Nc3ccc(F)cc3)c(O)[nH]c2c2c1CCCC2. The van der Waals surface area contributed by atoms with E-state index in [1.54, 1.807) is 0 Å². The molecule has 0 unspecified atom stereocenters. The third-order valence-corrected chi connectivity index (χ3v) is 4.64. The summed E-state index contributed by atoms with van der Waals surface area (Å²) in [5, 5.41) is 30.2. The molecule has 0 radical (unpaired) electrons. The van der Waals surface area contributed by atoms with Gasteiger partial charge in [-0.2, -0.15) is 5.11 Å². The molecule has 0 saturated heterocycles. The number of halogens is 1. The molecule has 8 heteroatoms. The Hall–Kier alpha value is -3.29. The molecule has 0 amide bonds. The van der Waals surface area contributed by atoms with Crippen molar-refractivity contribution in [2.45, 2.75) is 25.7 Å². The van der Waals surface area contributed by atoms with Crippen LogP contribution >= 0.6 is 0 Å². The highest BCUT2D eigenvalue weighted by Gasteiger charge is 2.26. The summed E-state index contributed by atoms with van der Waals surface area (Å²) in [7, 11) is 0. The Morgan fingerprint density at radius 2 is 1.81 bits per heavy atom. The second kappa shape index (κ2) is 6.21. The van der Waals surface area contributed by atoms with Crippen LogP contribution in [0.5, 0.6) is 5.88 Å². The molecule has 1 aliphatic carbocycles. The van der Waals surface area contributed by atoms with Crippen molar-refractivity contribution in [3.8, 4) is 5.88 Å². The molecule has 0 fully saturated rings. The monoisotopic (exact) mass is 354 g/mol. The molecule has 0 bridgehead atoms. The zero-order valence-corrected chi connectivity index (χ0v) is 13.7. The maximum Gasteiger partial charge on any atom is 0.273 e. The lowest BCUT2D eigenvalue weighted by Crippen LogP contribution is -2.07. The predicted octanol–water partition coefficient (Wildman–Crippen LogP) is 5.22. The van der Waals surface area contributed by atoms with E-state index < -0.39 is 4.92 Å². The number of aromatic nitrogens is 1. The summed E-state index contributed by atoms with van der Waals surface area (Å²) in [5.41, 5.74) is 2.84. The highest BCUT2D eigenvalue weighted by atomic mass is 19.1. The quantitative estimate of drug-likeness (QED) is 0.383. The number of aryl methyl sites for hydroxylation is 1. The number of aromatic hydroxyl groups is 1. The lowest BCUT2D eigenvalue weighted by atomic mass is 9.88. The molecule has 4 rings (SSSR count).